The topological polar surface area (TPSA) is 58.4 Å². The van der Waals surface area contributed by atoms with E-state index in [1.54, 1.807) is 0 Å². The minimum absolute atomic E-state index is 0. The van der Waals surface area contributed by atoms with Gasteiger partial charge in [-0.3, -0.25) is 9.69 Å². The molecule has 1 saturated heterocycles. The molecule has 0 saturated carbocycles. The van der Waals surface area contributed by atoms with E-state index in [4.69, 9.17) is 5.73 Å². The highest BCUT2D eigenvalue weighted by molar-refractivity contribution is 5.92. The lowest BCUT2D eigenvalue weighted by molar-refractivity contribution is -0.118. The van der Waals surface area contributed by atoms with Gasteiger partial charge in [-0.1, -0.05) is 12.5 Å². The minimum atomic E-state index is 0. The van der Waals surface area contributed by atoms with Crippen LogP contribution in [-0.2, 0) is 4.79 Å². The van der Waals surface area contributed by atoms with Crippen molar-refractivity contribution >= 4 is 24.0 Å². The van der Waals surface area contributed by atoms with Crippen LogP contribution in [-0.4, -0.2) is 36.0 Å². The van der Waals surface area contributed by atoms with Crippen LogP contribution in [0.2, 0.25) is 0 Å². The van der Waals surface area contributed by atoms with E-state index in [2.05, 4.69) is 24.1 Å². The molecule has 3 N–H and O–H groups in total. The summed E-state index contributed by atoms with van der Waals surface area (Å²) in [5, 5.41) is 3.00. The highest BCUT2D eigenvalue weighted by atomic mass is 35.5. The highest BCUT2D eigenvalue weighted by Gasteiger charge is 2.26. The average molecular weight is 326 g/mol. The summed E-state index contributed by atoms with van der Waals surface area (Å²) < 4.78 is 0. The van der Waals surface area contributed by atoms with Gasteiger partial charge in [-0.15, -0.1) is 12.4 Å². The van der Waals surface area contributed by atoms with E-state index in [1.165, 1.54) is 17.5 Å². The molecule has 0 aliphatic carbocycles. The van der Waals surface area contributed by atoms with Gasteiger partial charge in [0.25, 0.3) is 0 Å². The summed E-state index contributed by atoms with van der Waals surface area (Å²) in [7, 11) is 0. The summed E-state index contributed by atoms with van der Waals surface area (Å²) in [6, 6.07) is 6.45. The number of likely N-dealkylation sites (tertiary alicyclic amines) is 1. The highest BCUT2D eigenvalue weighted by Crippen LogP contribution is 2.19. The molecule has 0 spiro atoms. The van der Waals surface area contributed by atoms with Crippen LogP contribution < -0.4 is 11.1 Å². The fourth-order valence-electron chi connectivity index (χ4n) is 3.01. The molecule has 1 aromatic rings. The monoisotopic (exact) mass is 325 g/mol. The van der Waals surface area contributed by atoms with Crippen molar-refractivity contribution < 1.29 is 4.79 Å². The number of benzene rings is 1. The number of nitrogens with one attached hydrogen (secondary N) is 1. The number of piperidine rings is 1. The van der Waals surface area contributed by atoms with Gasteiger partial charge < -0.3 is 11.1 Å². The molecule has 2 unspecified atom stereocenters. The maximum atomic E-state index is 12.3. The smallest absolute Gasteiger partial charge is 0.238 e. The number of rotatable bonds is 4. The number of hydrogen-bond acceptors (Lipinski definition) is 3. The van der Waals surface area contributed by atoms with Crippen molar-refractivity contribution in [3.05, 3.63) is 29.3 Å². The zero-order chi connectivity index (χ0) is 15.4. The van der Waals surface area contributed by atoms with Crippen LogP contribution in [0.25, 0.3) is 0 Å². The van der Waals surface area contributed by atoms with Crippen molar-refractivity contribution in [1.82, 2.24) is 4.90 Å². The molecule has 1 fully saturated rings. The molecule has 22 heavy (non-hydrogen) atoms. The molecule has 2 rings (SSSR count). The van der Waals surface area contributed by atoms with Crippen molar-refractivity contribution in [2.45, 2.75) is 52.1 Å². The molecule has 1 aromatic carbocycles. The third-order valence-corrected chi connectivity index (χ3v) is 4.41. The third-order valence-electron chi connectivity index (χ3n) is 4.41. The van der Waals surface area contributed by atoms with Crippen LogP contribution in [0.1, 0.15) is 37.3 Å². The Labute approximate surface area is 139 Å². The Morgan fingerprint density at radius 2 is 2.09 bits per heavy atom. The van der Waals surface area contributed by atoms with Crippen LogP contribution in [0.4, 0.5) is 5.69 Å². The first-order valence-electron chi connectivity index (χ1n) is 7.84. The zero-order valence-electron chi connectivity index (χ0n) is 13.8. The summed E-state index contributed by atoms with van der Waals surface area (Å²) in [5.74, 6) is 0.0470. The quantitative estimate of drug-likeness (QED) is 0.895. The number of aryl methyl sites for hydroxylation is 2. The molecule has 2 atom stereocenters. The second kappa shape index (κ2) is 8.51. The van der Waals surface area contributed by atoms with Crippen LogP contribution in [0.5, 0.6) is 0 Å². The molecule has 124 valence electrons. The summed E-state index contributed by atoms with van der Waals surface area (Å²) in [6.45, 7) is 7.56. The molecule has 1 aliphatic rings. The van der Waals surface area contributed by atoms with Gasteiger partial charge in [-0.25, -0.2) is 0 Å². The number of nitrogens with zero attached hydrogens (tertiary/aromatic N) is 1. The van der Waals surface area contributed by atoms with Gasteiger partial charge in [0, 0.05) is 17.8 Å². The van der Waals surface area contributed by atoms with Gasteiger partial charge in [0.05, 0.1) is 6.54 Å². The van der Waals surface area contributed by atoms with Crippen LogP contribution in [0, 0.1) is 13.8 Å². The van der Waals surface area contributed by atoms with Crippen LogP contribution in [0.15, 0.2) is 18.2 Å². The predicted molar refractivity (Wildman–Crippen MR) is 94.7 cm³/mol. The number of hydrogen-bond donors (Lipinski definition) is 2. The molecule has 4 nitrogen and oxygen atoms in total. The number of nitrogens with two attached hydrogens (primary N) is 1. The Hall–Kier alpha value is -1.10. The van der Waals surface area contributed by atoms with Crippen molar-refractivity contribution in [3.63, 3.8) is 0 Å². The summed E-state index contributed by atoms with van der Waals surface area (Å²) in [4.78, 5) is 14.5. The Kier molecular flexibility index (Phi) is 7.33. The predicted octanol–water partition coefficient (Wildman–Crippen LogP) is 2.87. The lowest BCUT2D eigenvalue weighted by atomic mass is 9.97. The van der Waals surface area contributed by atoms with E-state index in [1.807, 2.05) is 25.1 Å². The molecule has 1 amide bonds. The number of anilines is 1. The van der Waals surface area contributed by atoms with Gasteiger partial charge >= 0.3 is 0 Å². The first-order valence-corrected chi connectivity index (χ1v) is 7.84. The van der Waals surface area contributed by atoms with E-state index >= 15 is 0 Å². The van der Waals surface area contributed by atoms with Gasteiger partial charge in [-0.05, 0) is 63.4 Å². The average Bonchev–Trinajstić information content (AvgIpc) is 2.43. The summed E-state index contributed by atoms with van der Waals surface area (Å²) in [6.07, 6.45) is 3.45. The molecule has 1 heterocycles. The van der Waals surface area contributed by atoms with Gasteiger partial charge in [0.15, 0.2) is 0 Å². The van der Waals surface area contributed by atoms with Crippen LogP contribution >= 0.6 is 12.4 Å². The Balaban J connectivity index is 0.00000242. The lowest BCUT2D eigenvalue weighted by Crippen LogP contribution is -2.51. The maximum absolute atomic E-state index is 12.3. The van der Waals surface area contributed by atoms with E-state index in [9.17, 15) is 4.79 Å². The normalized spacial score (nSPS) is 20.1. The van der Waals surface area contributed by atoms with Crippen molar-refractivity contribution in [3.8, 4) is 0 Å². The Morgan fingerprint density at radius 1 is 1.36 bits per heavy atom. The number of amides is 1. The van der Waals surface area contributed by atoms with E-state index in [0.29, 0.717) is 12.6 Å². The third kappa shape index (κ3) is 4.97. The molecular weight excluding hydrogens is 298 g/mol. The lowest BCUT2D eigenvalue weighted by Gasteiger charge is -2.37. The molecule has 5 heteroatoms. The fraction of sp³-hybridized carbons (Fsp3) is 0.588. The summed E-state index contributed by atoms with van der Waals surface area (Å²) in [5.41, 5.74) is 9.35. The SMILES string of the molecule is Cc1ccc(NC(=O)CN2CCCCC2C(C)N)cc1C.Cl. The molecule has 0 radical (unpaired) electrons. The Morgan fingerprint density at radius 3 is 2.73 bits per heavy atom. The largest absolute Gasteiger partial charge is 0.327 e. The number of carbonyl (C=O) groups excluding carboxylic acids is 1. The van der Waals surface area contributed by atoms with Crippen molar-refractivity contribution in [2.24, 2.45) is 5.73 Å². The molecular formula is C17H28ClN3O. The minimum Gasteiger partial charge on any atom is -0.327 e. The number of carbonyl (C=O) groups is 1. The fourth-order valence-corrected chi connectivity index (χ4v) is 3.01. The van der Waals surface area contributed by atoms with Crippen molar-refractivity contribution in [1.29, 1.82) is 0 Å². The maximum Gasteiger partial charge on any atom is 0.238 e. The van der Waals surface area contributed by atoms with E-state index in [-0.39, 0.29) is 24.4 Å². The first kappa shape index (κ1) is 18.9. The standard InChI is InChI=1S/C17H27N3O.ClH/c1-12-7-8-15(10-13(12)2)19-17(21)11-20-9-5-4-6-16(20)14(3)18;/h7-8,10,14,16H,4-6,9,11,18H2,1-3H3,(H,19,21);1H. The Bertz CT molecular complexity index is 505. The summed E-state index contributed by atoms with van der Waals surface area (Å²) >= 11 is 0. The zero-order valence-corrected chi connectivity index (χ0v) is 14.6. The number of halogens is 1. The van der Waals surface area contributed by atoms with Crippen LogP contribution in [0.3, 0.4) is 0 Å². The molecule has 0 aromatic heterocycles. The first-order chi connectivity index (χ1) is 9.97. The molecule has 0 bridgehead atoms. The van der Waals surface area contributed by atoms with E-state index < -0.39 is 0 Å². The van der Waals surface area contributed by atoms with Gasteiger partial charge in [0.2, 0.25) is 5.91 Å². The van der Waals surface area contributed by atoms with Crippen molar-refractivity contribution in [2.75, 3.05) is 18.4 Å². The second-order valence-corrected chi connectivity index (χ2v) is 6.24. The van der Waals surface area contributed by atoms with E-state index in [0.717, 1.165) is 25.1 Å². The van der Waals surface area contributed by atoms with Gasteiger partial charge in [-0.2, -0.15) is 0 Å². The second-order valence-electron chi connectivity index (χ2n) is 6.24. The molecule has 1 aliphatic heterocycles. The van der Waals surface area contributed by atoms with Gasteiger partial charge in [0.1, 0.15) is 0 Å².